The first-order valence-electron chi connectivity index (χ1n) is 10.4. The molecule has 1 N–H and O–H groups in total. The zero-order valence-electron chi connectivity index (χ0n) is 19.0. The van der Waals surface area contributed by atoms with Gasteiger partial charge in [-0.3, -0.25) is 9.59 Å². The van der Waals surface area contributed by atoms with Crippen LogP contribution in [0.4, 0.5) is 5.69 Å². The number of nitrogens with zero attached hydrogens (tertiary/aromatic N) is 3. The molecule has 0 atom stereocenters. The second-order valence-corrected chi connectivity index (χ2v) is 7.26. The molecule has 2 amide bonds. The van der Waals surface area contributed by atoms with Gasteiger partial charge in [-0.25, -0.2) is 9.48 Å². The van der Waals surface area contributed by atoms with E-state index >= 15 is 0 Å². The minimum Gasteiger partial charge on any atom is -0.497 e. The third-order valence-electron chi connectivity index (χ3n) is 4.94. The Morgan fingerprint density at radius 3 is 2.52 bits per heavy atom. The molecule has 0 aliphatic carbocycles. The molecule has 0 radical (unpaired) electrons. The Bertz CT molecular complexity index is 1150. The number of benzene rings is 2. The van der Waals surface area contributed by atoms with Crippen molar-refractivity contribution in [3.8, 4) is 11.4 Å². The predicted molar refractivity (Wildman–Crippen MR) is 123 cm³/mol. The van der Waals surface area contributed by atoms with Crippen LogP contribution in [0.2, 0.25) is 0 Å². The molecule has 0 spiro atoms. The van der Waals surface area contributed by atoms with E-state index < -0.39 is 5.97 Å². The zero-order valence-corrected chi connectivity index (χ0v) is 19.0. The molecule has 172 valence electrons. The van der Waals surface area contributed by atoms with Crippen molar-refractivity contribution in [3.05, 3.63) is 71.5 Å². The average Bonchev–Trinajstić information content (AvgIpc) is 3.20. The van der Waals surface area contributed by atoms with Gasteiger partial charge in [-0.1, -0.05) is 6.07 Å². The molecule has 3 rings (SSSR count). The average molecular weight is 450 g/mol. The third kappa shape index (κ3) is 5.57. The van der Waals surface area contributed by atoms with Gasteiger partial charge < -0.3 is 19.7 Å². The number of rotatable bonds is 8. The summed E-state index contributed by atoms with van der Waals surface area (Å²) in [5, 5.41) is 7.00. The van der Waals surface area contributed by atoms with Gasteiger partial charge in [-0.05, 0) is 50.2 Å². The number of methoxy groups -OCH3 is 1. The maximum atomic E-state index is 12.8. The Hall–Kier alpha value is -4.14. The number of hydrogen-bond acceptors (Lipinski definition) is 6. The summed E-state index contributed by atoms with van der Waals surface area (Å²) in [5.74, 6) is -0.429. The quantitative estimate of drug-likeness (QED) is 0.529. The summed E-state index contributed by atoms with van der Waals surface area (Å²) >= 11 is 0. The van der Waals surface area contributed by atoms with E-state index in [0.29, 0.717) is 33.9 Å². The van der Waals surface area contributed by atoms with E-state index in [-0.39, 0.29) is 25.0 Å². The summed E-state index contributed by atoms with van der Waals surface area (Å²) < 4.78 is 11.8. The van der Waals surface area contributed by atoms with Crippen molar-refractivity contribution in [1.82, 2.24) is 14.7 Å². The Kier molecular flexibility index (Phi) is 7.45. The number of likely N-dealkylation sites (N-methyl/N-ethyl adjacent to an activating group) is 1. The SMILES string of the molecule is CCOC(=O)c1cnn(-c2ccc(C(=O)N(C)CC(=O)Nc3cccc(OC)c3)cc2)c1C. The number of esters is 1. The van der Waals surface area contributed by atoms with Crippen LogP contribution in [0, 0.1) is 6.92 Å². The van der Waals surface area contributed by atoms with Gasteiger partial charge >= 0.3 is 5.97 Å². The first-order valence-corrected chi connectivity index (χ1v) is 10.4. The lowest BCUT2D eigenvalue weighted by Crippen LogP contribution is -2.34. The van der Waals surface area contributed by atoms with Gasteiger partial charge in [-0.2, -0.15) is 5.10 Å². The van der Waals surface area contributed by atoms with Crippen LogP contribution in [0.25, 0.3) is 5.69 Å². The molecular weight excluding hydrogens is 424 g/mol. The lowest BCUT2D eigenvalue weighted by Gasteiger charge is -2.17. The molecule has 9 nitrogen and oxygen atoms in total. The molecule has 0 fully saturated rings. The molecule has 0 aliphatic rings. The molecule has 3 aromatic rings. The molecule has 9 heteroatoms. The van der Waals surface area contributed by atoms with Crippen LogP contribution in [-0.4, -0.2) is 59.8 Å². The number of anilines is 1. The molecule has 33 heavy (non-hydrogen) atoms. The van der Waals surface area contributed by atoms with Gasteiger partial charge in [-0.15, -0.1) is 0 Å². The Labute approximate surface area is 191 Å². The highest BCUT2D eigenvalue weighted by Gasteiger charge is 2.18. The minimum absolute atomic E-state index is 0.112. The van der Waals surface area contributed by atoms with Gasteiger partial charge in [0, 0.05) is 24.4 Å². The number of ether oxygens (including phenoxy) is 2. The first kappa shape index (κ1) is 23.5. The van der Waals surface area contributed by atoms with Crippen LogP contribution in [-0.2, 0) is 9.53 Å². The molecule has 2 aromatic carbocycles. The van der Waals surface area contributed by atoms with Crippen molar-refractivity contribution in [3.63, 3.8) is 0 Å². The van der Waals surface area contributed by atoms with Crippen molar-refractivity contribution in [2.45, 2.75) is 13.8 Å². The number of nitrogens with one attached hydrogen (secondary N) is 1. The Balaban J connectivity index is 1.65. The molecule has 0 saturated heterocycles. The molecule has 1 heterocycles. The lowest BCUT2D eigenvalue weighted by atomic mass is 10.1. The van der Waals surface area contributed by atoms with Crippen molar-refractivity contribution in [2.24, 2.45) is 0 Å². The van der Waals surface area contributed by atoms with Crippen LogP contribution in [0.1, 0.15) is 33.3 Å². The van der Waals surface area contributed by atoms with Gasteiger partial charge in [0.25, 0.3) is 5.91 Å². The van der Waals surface area contributed by atoms with Crippen LogP contribution in [0.15, 0.2) is 54.7 Å². The summed E-state index contributed by atoms with van der Waals surface area (Å²) in [6.45, 7) is 3.68. The standard InChI is InChI=1S/C24H26N4O5/c1-5-33-24(31)21-14-25-28(16(21)2)19-11-9-17(10-12-19)23(30)27(3)15-22(29)26-18-7-6-8-20(13-18)32-4/h6-14H,5,15H2,1-4H3,(H,26,29). The highest BCUT2D eigenvalue weighted by Crippen LogP contribution is 2.18. The van der Waals surface area contributed by atoms with Crippen LogP contribution >= 0.6 is 0 Å². The van der Waals surface area contributed by atoms with Crippen molar-refractivity contribution in [2.75, 3.05) is 32.6 Å². The van der Waals surface area contributed by atoms with E-state index in [1.54, 1.807) is 81.2 Å². The van der Waals surface area contributed by atoms with Crippen molar-refractivity contribution in [1.29, 1.82) is 0 Å². The first-order chi connectivity index (χ1) is 15.8. The molecular formula is C24H26N4O5. The number of hydrogen-bond donors (Lipinski definition) is 1. The molecule has 0 aliphatic heterocycles. The lowest BCUT2D eigenvalue weighted by molar-refractivity contribution is -0.116. The normalized spacial score (nSPS) is 10.4. The van der Waals surface area contributed by atoms with E-state index in [2.05, 4.69) is 10.4 Å². The maximum absolute atomic E-state index is 12.8. The Morgan fingerprint density at radius 1 is 1.12 bits per heavy atom. The molecule has 0 unspecified atom stereocenters. The van der Waals surface area contributed by atoms with Gasteiger partial charge in [0.2, 0.25) is 5.91 Å². The van der Waals surface area contributed by atoms with Gasteiger partial charge in [0.15, 0.2) is 0 Å². The number of carbonyl (C=O) groups excluding carboxylic acids is 3. The molecule has 0 saturated carbocycles. The van der Waals surface area contributed by atoms with Gasteiger partial charge in [0.05, 0.1) is 37.8 Å². The number of amides is 2. The summed E-state index contributed by atoms with van der Waals surface area (Å²) in [6.07, 6.45) is 1.46. The molecule has 1 aromatic heterocycles. The number of carbonyl (C=O) groups is 3. The monoisotopic (exact) mass is 450 g/mol. The van der Waals surface area contributed by atoms with Crippen LogP contribution in [0.5, 0.6) is 5.75 Å². The largest absolute Gasteiger partial charge is 0.497 e. The highest BCUT2D eigenvalue weighted by molar-refractivity contribution is 5.99. The minimum atomic E-state index is -0.429. The van der Waals surface area contributed by atoms with Crippen LogP contribution < -0.4 is 10.1 Å². The maximum Gasteiger partial charge on any atom is 0.341 e. The van der Waals surface area contributed by atoms with Crippen LogP contribution in [0.3, 0.4) is 0 Å². The van der Waals surface area contributed by atoms with E-state index in [1.165, 1.54) is 11.1 Å². The summed E-state index contributed by atoms with van der Waals surface area (Å²) in [7, 11) is 3.11. The van der Waals surface area contributed by atoms with Gasteiger partial charge in [0.1, 0.15) is 11.3 Å². The van der Waals surface area contributed by atoms with E-state index in [1.807, 2.05) is 0 Å². The smallest absolute Gasteiger partial charge is 0.341 e. The van der Waals surface area contributed by atoms with E-state index in [9.17, 15) is 14.4 Å². The fourth-order valence-corrected chi connectivity index (χ4v) is 3.23. The summed E-state index contributed by atoms with van der Waals surface area (Å²) in [6, 6.07) is 13.7. The predicted octanol–water partition coefficient (Wildman–Crippen LogP) is 3.08. The molecule has 0 bridgehead atoms. The Morgan fingerprint density at radius 2 is 1.85 bits per heavy atom. The number of aromatic nitrogens is 2. The fraction of sp³-hybridized carbons (Fsp3) is 0.250. The summed E-state index contributed by atoms with van der Waals surface area (Å²) in [5.41, 5.74) is 2.72. The third-order valence-corrected chi connectivity index (χ3v) is 4.94. The second-order valence-electron chi connectivity index (χ2n) is 7.26. The second kappa shape index (κ2) is 10.4. The summed E-state index contributed by atoms with van der Waals surface area (Å²) in [4.78, 5) is 38.4. The van der Waals surface area contributed by atoms with E-state index in [4.69, 9.17) is 9.47 Å². The fourth-order valence-electron chi connectivity index (χ4n) is 3.23. The van der Waals surface area contributed by atoms with Crippen molar-refractivity contribution < 1.29 is 23.9 Å². The zero-order chi connectivity index (χ0) is 24.0. The highest BCUT2D eigenvalue weighted by atomic mass is 16.5. The van der Waals surface area contributed by atoms with E-state index in [0.717, 1.165) is 0 Å². The van der Waals surface area contributed by atoms with Crippen molar-refractivity contribution >= 4 is 23.5 Å². The topological polar surface area (TPSA) is 103 Å².